The number of benzene rings is 1. The van der Waals surface area contributed by atoms with Gasteiger partial charge in [0.25, 0.3) is 5.69 Å². The van der Waals surface area contributed by atoms with Gasteiger partial charge >= 0.3 is 0 Å². The smallest absolute Gasteiger partial charge is 0.269 e. The number of nitrogens with zero attached hydrogens (tertiary/aromatic N) is 2. The van der Waals surface area contributed by atoms with Crippen LogP contribution in [0.4, 0.5) is 5.69 Å². The molecule has 0 bridgehead atoms. The molecule has 2 unspecified atom stereocenters. The Balaban J connectivity index is 2.12. The number of ether oxygens (including phenoxy) is 1. The topological polar surface area (TPSA) is 55.6 Å². The summed E-state index contributed by atoms with van der Waals surface area (Å²) in [7, 11) is 0. The Kier molecular flexibility index (Phi) is 4.11. The molecule has 0 radical (unpaired) electrons. The lowest BCUT2D eigenvalue weighted by atomic mass is 10.1. The molecule has 1 aliphatic rings. The van der Waals surface area contributed by atoms with Gasteiger partial charge in [-0.25, -0.2) is 0 Å². The molecule has 2 atom stereocenters. The number of nitro groups is 1. The highest BCUT2D eigenvalue weighted by molar-refractivity contribution is 7.80. The van der Waals surface area contributed by atoms with Crippen LogP contribution in [0.2, 0.25) is 0 Å². The minimum absolute atomic E-state index is 0.0789. The molecule has 0 amide bonds. The maximum Gasteiger partial charge on any atom is 0.269 e. The first kappa shape index (κ1) is 13.9. The minimum atomic E-state index is -0.411. The van der Waals surface area contributed by atoms with Crippen LogP contribution in [0.3, 0.4) is 0 Å². The van der Waals surface area contributed by atoms with Crippen LogP contribution in [-0.2, 0) is 4.74 Å². The average Bonchev–Trinajstić information content (AvgIpc) is 2.37. The molecule has 1 heterocycles. The maximum atomic E-state index is 10.6. The van der Waals surface area contributed by atoms with Gasteiger partial charge in [0.15, 0.2) is 0 Å². The largest absolute Gasteiger partial charge is 0.372 e. The lowest BCUT2D eigenvalue weighted by molar-refractivity contribution is -0.384. The summed E-state index contributed by atoms with van der Waals surface area (Å²) in [6, 6.07) is 6.36. The molecule has 102 valence electrons. The molecule has 0 aliphatic carbocycles. The Hall–Kier alpha value is -1.53. The molecule has 0 spiro atoms. The molecular formula is C13H16N2O3S. The third-order valence-corrected chi connectivity index (χ3v) is 3.53. The highest BCUT2D eigenvalue weighted by Crippen LogP contribution is 2.17. The van der Waals surface area contributed by atoms with E-state index in [9.17, 15) is 10.1 Å². The van der Waals surface area contributed by atoms with Gasteiger partial charge in [0.05, 0.1) is 17.1 Å². The van der Waals surface area contributed by atoms with Crippen molar-refractivity contribution in [2.24, 2.45) is 0 Å². The van der Waals surface area contributed by atoms with Crippen LogP contribution in [0.1, 0.15) is 19.4 Å². The summed E-state index contributed by atoms with van der Waals surface area (Å²) in [6.07, 6.45) is 0.277. The molecule has 1 saturated heterocycles. The summed E-state index contributed by atoms with van der Waals surface area (Å²) >= 11 is 5.46. The quantitative estimate of drug-likeness (QED) is 0.473. The predicted octanol–water partition coefficient (Wildman–Crippen LogP) is 2.38. The van der Waals surface area contributed by atoms with Crippen molar-refractivity contribution in [3.63, 3.8) is 0 Å². The normalized spacial score (nSPS) is 23.2. The van der Waals surface area contributed by atoms with E-state index in [0.29, 0.717) is 0 Å². The standard InChI is InChI=1S/C13H16N2O3S/c1-9-7-14(8-10(2)18-9)13(19)11-3-5-12(6-4-11)15(16)17/h3-6,9-10H,7-8H2,1-2H3. The van der Waals surface area contributed by atoms with E-state index < -0.39 is 4.92 Å². The van der Waals surface area contributed by atoms with Crippen molar-refractivity contribution in [1.29, 1.82) is 0 Å². The van der Waals surface area contributed by atoms with Crippen LogP contribution < -0.4 is 0 Å². The van der Waals surface area contributed by atoms with Gasteiger partial charge in [0.2, 0.25) is 0 Å². The van der Waals surface area contributed by atoms with Crippen molar-refractivity contribution in [2.75, 3.05) is 13.1 Å². The van der Waals surface area contributed by atoms with Crippen molar-refractivity contribution in [3.05, 3.63) is 39.9 Å². The van der Waals surface area contributed by atoms with E-state index in [-0.39, 0.29) is 17.9 Å². The summed E-state index contributed by atoms with van der Waals surface area (Å²) in [6.45, 7) is 5.53. The fourth-order valence-corrected chi connectivity index (χ4v) is 2.54. The first-order valence-corrected chi connectivity index (χ1v) is 6.57. The van der Waals surface area contributed by atoms with Crippen molar-refractivity contribution in [1.82, 2.24) is 4.90 Å². The molecule has 6 heteroatoms. The predicted molar refractivity (Wildman–Crippen MR) is 76.4 cm³/mol. The zero-order chi connectivity index (χ0) is 14.0. The molecule has 19 heavy (non-hydrogen) atoms. The zero-order valence-electron chi connectivity index (χ0n) is 10.9. The van der Waals surface area contributed by atoms with E-state index in [4.69, 9.17) is 17.0 Å². The first-order valence-electron chi connectivity index (χ1n) is 6.16. The molecular weight excluding hydrogens is 264 g/mol. The third kappa shape index (κ3) is 3.27. The van der Waals surface area contributed by atoms with Crippen molar-refractivity contribution >= 4 is 22.9 Å². The second-order valence-corrected chi connectivity index (χ2v) is 5.16. The molecule has 0 saturated carbocycles. The van der Waals surface area contributed by atoms with E-state index in [0.717, 1.165) is 23.6 Å². The maximum absolute atomic E-state index is 10.6. The SMILES string of the molecule is CC1CN(C(=S)c2ccc([N+](=O)[O-])cc2)CC(C)O1. The van der Waals surface area contributed by atoms with Crippen LogP contribution in [0.15, 0.2) is 24.3 Å². The first-order chi connectivity index (χ1) is 8.97. The van der Waals surface area contributed by atoms with E-state index in [2.05, 4.69) is 4.90 Å². The highest BCUT2D eigenvalue weighted by Gasteiger charge is 2.24. The minimum Gasteiger partial charge on any atom is -0.372 e. The number of nitro benzene ring substituents is 1. The lowest BCUT2D eigenvalue weighted by Gasteiger charge is -2.37. The van der Waals surface area contributed by atoms with Gasteiger partial charge in [0.1, 0.15) is 4.99 Å². The van der Waals surface area contributed by atoms with Gasteiger partial charge in [-0.1, -0.05) is 12.2 Å². The third-order valence-electron chi connectivity index (χ3n) is 3.03. The molecule has 2 rings (SSSR count). The fraction of sp³-hybridized carbons (Fsp3) is 0.462. The van der Waals surface area contributed by atoms with Crippen LogP contribution in [-0.4, -0.2) is 40.1 Å². The fourth-order valence-electron chi connectivity index (χ4n) is 2.25. The van der Waals surface area contributed by atoms with Crippen molar-refractivity contribution in [3.8, 4) is 0 Å². The lowest BCUT2D eigenvalue weighted by Crippen LogP contribution is -2.47. The number of hydrogen-bond donors (Lipinski definition) is 0. The molecule has 0 aromatic heterocycles. The van der Waals surface area contributed by atoms with Crippen LogP contribution >= 0.6 is 12.2 Å². The average molecular weight is 280 g/mol. The van der Waals surface area contributed by atoms with Crippen LogP contribution in [0, 0.1) is 10.1 Å². The Bertz CT molecular complexity index is 479. The Morgan fingerprint density at radius 2 is 1.84 bits per heavy atom. The van der Waals surface area contributed by atoms with E-state index in [1.165, 1.54) is 12.1 Å². The summed E-state index contributed by atoms with van der Waals surface area (Å²) < 4.78 is 5.66. The van der Waals surface area contributed by atoms with Crippen molar-refractivity contribution < 1.29 is 9.66 Å². The Morgan fingerprint density at radius 1 is 1.32 bits per heavy atom. The van der Waals surface area contributed by atoms with Crippen LogP contribution in [0.5, 0.6) is 0 Å². The van der Waals surface area contributed by atoms with Gasteiger partial charge in [-0.05, 0) is 26.0 Å². The summed E-state index contributed by atoms with van der Waals surface area (Å²) in [5, 5.41) is 10.6. The second-order valence-electron chi connectivity index (χ2n) is 4.77. The van der Waals surface area contributed by atoms with Gasteiger partial charge in [-0.15, -0.1) is 0 Å². The Labute approximate surface area is 117 Å². The number of thiocarbonyl (C=S) groups is 1. The van der Waals surface area contributed by atoms with Gasteiger partial charge < -0.3 is 9.64 Å². The molecule has 1 fully saturated rings. The summed E-state index contributed by atoms with van der Waals surface area (Å²) in [4.78, 5) is 13.0. The zero-order valence-corrected chi connectivity index (χ0v) is 11.7. The molecule has 1 aliphatic heterocycles. The van der Waals surface area contributed by atoms with E-state index in [1.54, 1.807) is 12.1 Å². The van der Waals surface area contributed by atoms with Crippen LogP contribution in [0.25, 0.3) is 0 Å². The molecule has 0 N–H and O–H groups in total. The summed E-state index contributed by atoms with van der Waals surface area (Å²) in [5.41, 5.74) is 0.914. The number of rotatable bonds is 2. The van der Waals surface area contributed by atoms with Gasteiger partial charge in [0, 0.05) is 30.8 Å². The second kappa shape index (κ2) is 5.63. The number of morpholine rings is 1. The number of non-ortho nitro benzene ring substituents is 1. The monoisotopic (exact) mass is 280 g/mol. The van der Waals surface area contributed by atoms with E-state index in [1.807, 2.05) is 13.8 Å². The van der Waals surface area contributed by atoms with E-state index >= 15 is 0 Å². The highest BCUT2D eigenvalue weighted by atomic mass is 32.1. The van der Waals surface area contributed by atoms with Gasteiger partial charge in [-0.2, -0.15) is 0 Å². The number of hydrogen-bond acceptors (Lipinski definition) is 4. The summed E-state index contributed by atoms with van der Waals surface area (Å²) in [5.74, 6) is 0. The molecule has 1 aromatic rings. The van der Waals surface area contributed by atoms with Crippen molar-refractivity contribution in [2.45, 2.75) is 26.1 Å². The van der Waals surface area contributed by atoms with Gasteiger partial charge in [-0.3, -0.25) is 10.1 Å². The molecule has 5 nitrogen and oxygen atoms in total. The Morgan fingerprint density at radius 3 is 2.32 bits per heavy atom. The molecule has 1 aromatic carbocycles.